The lowest BCUT2D eigenvalue weighted by atomic mass is 10.2. The molecule has 1 N–H and O–H groups in total. The fourth-order valence-electron chi connectivity index (χ4n) is 3.65. The number of rotatable bonds is 12. The number of ether oxygens (including phenoxy) is 5. The van der Waals surface area contributed by atoms with Crippen molar-refractivity contribution in [1.82, 2.24) is 5.43 Å². The van der Waals surface area contributed by atoms with Gasteiger partial charge >= 0.3 is 0 Å². The van der Waals surface area contributed by atoms with Crippen LogP contribution < -0.4 is 33.4 Å². The second kappa shape index (κ2) is 12.9. The zero-order valence-corrected chi connectivity index (χ0v) is 23.4. The van der Waals surface area contributed by atoms with Gasteiger partial charge in [0.2, 0.25) is 5.75 Å². The van der Waals surface area contributed by atoms with Crippen LogP contribution in [-0.2, 0) is 14.8 Å². The summed E-state index contributed by atoms with van der Waals surface area (Å²) in [5.74, 6) is 1.27. The Morgan fingerprint density at radius 1 is 0.821 bits per heavy atom. The van der Waals surface area contributed by atoms with Crippen LogP contribution in [0.1, 0.15) is 11.1 Å². The number of nitrogens with zero attached hydrogens (tertiary/aromatic N) is 2. The fourth-order valence-corrected chi connectivity index (χ4v) is 5.07. The van der Waals surface area contributed by atoms with Crippen LogP contribution in [0.2, 0.25) is 0 Å². The average molecular weight is 558 g/mol. The quantitative estimate of drug-likeness (QED) is 0.265. The first-order valence-corrected chi connectivity index (χ1v) is 13.1. The fraction of sp³-hybridized carbons (Fsp3) is 0.259. The van der Waals surface area contributed by atoms with Gasteiger partial charge in [-0.1, -0.05) is 17.7 Å². The molecule has 0 aliphatic heterocycles. The number of hydrogen-bond acceptors (Lipinski definition) is 9. The lowest BCUT2D eigenvalue weighted by molar-refractivity contribution is -0.119. The molecule has 0 atom stereocenters. The minimum Gasteiger partial charge on any atom is -0.493 e. The van der Waals surface area contributed by atoms with E-state index >= 15 is 0 Å². The summed E-state index contributed by atoms with van der Waals surface area (Å²) in [6.07, 6.45) is 1.37. The highest BCUT2D eigenvalue weighted by Gasteiger charge is 2.28. The van der Waals surface area contributed by atoms with Crippen molar-refractivity contribution in [2.45, 2.75) is 11.8 Å². The van der Waals surface area contributed by atoms with Crippen molar-refractivity contribution >= 4 is 27.8 Å². The minimum absolute atomic E-state index is 0.0246. The maximum atomic E-state index is 13.6. The van der Waals surface area contributed by atoms with E-state index in [9.17, 15) is 13.2 Å². The number of anilines is 1. The highest BCUT2D eigenvalue weighted by atomic mass is 32.2. The lowest BCUT2D eigenvalue weighted by Crippen LogP contribution is -2.39. The number of benzene rings is 3. The van der Waals surface area contributed by atoms with Crippen LogP contribution in [0, 0.1) is 6.92 Å². The molecule has 0 saturated carbocycles. The summed E-state index contributed by atoms with van der Waals surface area (Å²) in [5, 5.41) is 3.98. The van der Waals surface area contributed by atoms with Crippen LogP contribution in [0.5, 0.6) is 28.7 Å². The molecule has 3 aromatic carbocycles. The molecule has 0 aliphatic rings. The van der Waals surface area contributed by atoms with E-state index in [1.807, 2.05) is 6.92 Å². The molecule has 3 aromatic rings. The number of sulfonamides is 1. The molecule has 11 nitrogen and oxygen atoms in total. The van der Waals surface area contributed by atoms with E-state index in [4.69, 9.17) is 23.7 Å². The van der Waals surface area contributed by atoms with Gasteiger partial charge in [-0.25, -0.2) is 13.8 Å². The number of hydrogen-bond donors (Lipinski definition) is 1. The molecule has 0 aromatic heterocycles. The van der Waals surface area contributed by atoms with Crippen molar-refractivity contribution in [3.05, 3.63) is 65.7 Å². The predicted molar refractivity (Wildman–Crippen MR) is 147 cm³/mol. The number of aryl methyl sites for hydroxylation is 1. The minimum atomic E-state index is -4.14. The van der Waals surface area contributed by atoms with Crippen LogP contribution >= 0.6 is 0 Å². The van der Waals surface area contributed by atoms with E-state index in [2.05, 4.69) is 10.5 Å². The molecule has 0 unspecified atom stereocenters. The first kappa shape index (κ1) is 29.1. The predicted octanol–water partition coefficient (Wildman–Crippen LogP) is 3.38. The molecule has 12 heteroatoms. The number of nitrogens with one attached hydrogen (secondary N) is 1. The molecule has 0 bridgehead atoms. The summed E-state index contributed by atoms with van der Waals surface area (Å²) in [7, 11) is 3.23. The van der Waals surface area contributed by atoms with Gasteiger partial charge < -0.3 is 23.7 Å². The van der Waals surface area contributed by atoms with E-state index < -0.39 is 22.5 Å². The number of amides is 1. The smallest absolute Gasteiger partial charge is 0.264 e. The molecule has 0 radical (unpaired) electrons. The second-order valence-corrected chi connectivity index (χ2v) is 9.98. The Morgan fingerprint density at radius 3 is 1.95 bits per heavy atom. The summed E-state index contributed by atoms with van der Waals surface area (Å²) in [6.45, 7) is 1.29. The molecule has 1 amide bonds. The Bertz CT molecular complexity index is 1410. The van der Waals surface area contributed by atoms with Crippen molar-refractivity contribution in [1.29, 1.82) is 0 Å². The van der Waals surface area contributed by atoms with Gasteiger partial charge in [0, 0.05) is 11.6 Å². The monoisotopic (exact) mass is 557 g/mol. The highest BCUT2D eigenvalue weighted by molar-refractivity contribution is 7.92. The van der Waals surface area contributed by atoms with Crippen LogP contribution in [0.3, 0.4) is 0 Å². The summed E-state index contributed by atoms with van der Waals surface area (Å²) < 4.78 is 54.8. The Kier molecular flexibility index (Phi) is 9.61. The molecule has 0 saturated heterocycles. The Balaban J connectivity index is 1.91. The topological polar surface area (TPSA) is 125 Å². The Hall–Kier alpha value is -4.45. The standard InChI is InChI=1S/C27H31N3O8S/c1-18-7-10-21(11-8-18)39(32,33)30(20-9-12-22(34-2)23(15-20)35-3)17-26(31)29-28-16-19-13-24(36-4)27(38-6)25(14-19)37-5/h7-16H,17H2,1-6H3,(H,29,31)/b28-16+. The van der Waals surface area contributed by atoms with E-state index in [1.54, 1.807) is 30.3 Å². The first-order chi connectivity index (χ1) is 18.7. The second-order valence-electron chi connectivity index (χ2n) is 8.12. The molecule has 0 fully saturated rings. The van der Waals surface area contributed by atoms with Crippen LogP contribution in [0.15, 0.2) is 64.6 Å². The molecule has 208 valence electrons. The highest BCUT2D eigenvalue weighted by Crippen LogP contribution is 2.38. The molecule has 0 aliphatic carbocycles. The number of hydrazone groups is 1. The average Bonchev–Trinajstić information content (AvgIpc) is 2.95. The first-order valence-electron chi connectivity index (χ1n) is 11.6. The van der Waals surface area contributed by atoms with Gasteiger partial charge in [-0.3, -0.25) is 9.10 Å². The molecular weight excluding hydrogens is 526 g/mol. The maximum absolute atomic E-state index is 13.6. The van der Waals surface area contributed by atoms with Crippen molar-refractivity contribution < 1.29 is 36.9 Å². The number of methoxy groups -OCH3 is 5. The van der Waals surface area contributed by atoms with Gasteiger partial charge in [-0.15, -0.1) is 0 Å². The molecule has 39 heavy (non-hydrogen) atoms. The van der Waals surface area contributed by atoms with Gasteiger partial charge in [0.25, 0.3) is 15.9 Å². The summed E-state index contributed by atoms with van der Waals surface area (Å²) >= 11 is 0. The zero-order valence-electron chi connectivity index (χ0n) is 22.5. The molecule has 3 rings (SSSR count). The number of carbonyl (C=O) groups is 1. The summed E-state index contributed by atoms with van der Waals surface area (Å²) in [6, 6.07) is 14.2. The van der Waals surface area contributed by atoms with Crippen LogP contribution in [0.4, 0.5) is 5.69 Å². The Labute approximate surface area is 227 Å². The lowest BCUT2D eigenvalue weighted by Gasteiger charge is -2.24. The third-order valence-electron chi connectivity index (χ3n) is 5.64. The zero-order chi connectivity index (χ0) is 28.6. The molecule has 0 spiro atoms. The van der Waals surface area contributed by atoms with E-state index in [-0.39, 0.29) is 10.6 Å². The largest absolute Gasteiger partial charge is 0.493 e. The van der Waals surface area contributed by atoms with Crippen LogP contribution in [-0.4, -0.2) is 62.6 Å². The van der Waals surface area contributed by atoms with Crippen molar-refractivity contribution in [2.75, 3.05) is 46.4 Å². The van der Waals surface area contributed by atoms with Gasteiger partial charge in [0.15, 0.2) is 23.0 Å². The SMILES string of the molecule is COc1ccc(N(CC(=O)N/N=C/c2cc(OC)c(OC)c(OC)c2)S(=O)(=O)c2ccc(C)cc2)cc1OC. The van der Waals surface area contributed by atoms with Gasteiger partial charge in [0.05, 0.1) is 52.3 Å². The van der Waals surface area contributed by atoms with Crippen molar-refractivity contribution in [3.63, 3.8) is 0 Å². The molecular formula is C27H31N3O8S. The third-order valence-corrected chi connectivity index (χ3v) is 7.43. The van der Waals surface area contributed by atoms with Crippen molar-refractivity contribution in [2.24, 2.45) is 5.10 Å². The van der Waals surface area contributed by atoms with E-state index in [0.29, 0.717) is 34.3 Å². The van der Waals surface area contributed by atoms with Crippen molar-refractivity contribution in [3.8, 4) is 28.7 Å². The van der Waals surface area contributed by atoms with Gasteiger partial charge in [0.1, 0.15) is 6.54 Å². The molecule has 0 heterocycles. The third kappa shape index (κ3) is 6.71. The van der Waals surface area contributed by atoms with Crippen LogP contribution in [0.25, 0.3) is 0 Å². The number of carbonyl (C=O) groups excluding carboxylic acids is 1. The van der Waals surface area contributed by atoms with E-state index in [1.165, 1.54) is 66.0 Å². The summed E-state index contributed by atoms with van der Waals surface area (Å²) in [5.41, 5.74) is 4.02. The normalized spacial score (nSPS) is 11.1. The Morgan fingerprint density at radius 2 is 1.41 bits per heavy atom. The maximum Gasteiger partial charge on any atom is 0.264 e. The van der Waals surface area contributed by atoms with Gasteiger partial charge in [-0.05, 0) is 43.3 Å². The summed E-state index contributed by atoms with van der Waals surface area (Å²) in [4.78, 5) is 12.9. The van der Waals surface area contributed by atoms with Gasteiger partial charge in [-0.2, -0.15) is 5.10 Å². The van der Waals surface area contributed by atoms with E-state index in [0.717, 1.165) is 9.87 Å².